The van der Waals surface area contributed by atoms with Crippen LogP contribution in [0, 0.1) is 0 Å². The van der Waals surface area contributed by atoms with E-state index >= 15 is 0 Å². The van der Waals surface area contributed by atoms with Crippen LogP contribution in [-0.4, -0.2) is 36.0 Å². The van der Waals surface area contributed by atoms with Gasteiger partial charge in [-0.3, -0.25) is 0 Å². The lowest BCUT2D eigenvalue weighted by Gasteiger charge is -2.17. The van der Waals surface area contributed by atoms with Gasteiger partial charge in [-0.2, -0.15) is 8.78 Å². The Morgan fingerprint density at radius 1 is 1.30 bits per heavy atom. The van der Waals surface area contributed by atoms with Crippen LogP contribution in [0.2, 0.25) is 0 Å². The van der Waals surface area contributed by atoms with Crippen molar-refractivity contribution in [2.24, 2.45) is 0 Å². The minimum atomic E-state index is -2.40. The maximum absolute atomic E-state index is 12.1. The Labute approximate surface area is 137 Å². The topological polar surface area (TPSA) is 61.5 Å². The zero-order valence-corrected chi connectivity index (χ0v) is 13.5. The Hall–Kier alpha value is -1.80. The molecule has 126 valence electrons. The van der Waals surface area contributed by atoms with Crippen molar-refractivity contribution in [1.29, 1.82) is 0 Å². The van der Waals surface area contributed by atoms with Crippen LogP contribution < -0.4 is 10.2 Å². The molecular weight excluding hydrogens is 324 g/mol. The summed E-state index contributed by atoms with van der Waals surface area (Å²) in [6.07, 6.45) is 1.71. The van der Waals surface area contributed by atoms with Gasteiger partial charge < -0.3 is 19.7 Å². The number of rotatable bonds is 9. The first-order valence-corrected chi connectivity index (χ1v) is 8.12. The van der Waals surface area contributed by atoms with Crippen molar-refractivity contribution in [3.05, 3.63) is 42.0 Å². The zero-order valence-electron chi connectivity index (χ0n) is 12.7. The Kier molecular flexibility index (Phi) is 6.66. The molecule has 0 atom stereocenters. The van der Waals surface area contributed by atoms with E-state index in [1.807, 2.05) is 24.1 Å². The predicted octanol–water partition coefficient (Wildman–Crippen LogP) is 3.17. The van der Waals surface area contributed by atoms with Gasteiger partial charge in [0.1, 0.15) is 17.3 Å². The molecule has 0 aliphatic heterocycles. The van der Waals surface area contributed by atoms with Crippen molar-refractivity contribution in [2.75, 3.05) is 30.4 Å². The molecule has 0 bridgehead atoms. The van der Waals surface area contributed by atoms with E-state index in [-0.39, 0.29) is 12.4 Å². The maximum atomic E-state index is 12.1. The molecule has 0 fully saturated rings. The molecule has 2 aromatic rings. The van der Waals surface area contributed by atoms with Gasteiger partial charge >= 0.3 is 0 Å². The van der Waals surface area contributed by atoms with E-state index in [9.17, 15) is 8.78 Å². The number of aromatic nitrogens is 1. The van der Waals surface area contributed by atoms with Crippen LogP contribution in [0.4, 0.5) is 20.3 Å². The highest BCUT2D eigenvalue weighted by molar-refractivity contribution is 7.98. The lowest BCUT2D eigenvalue weighted by atomic mass is 10.3. The normalized spacial score (nSPS) is 11.0. The number of hydrogen-bond acceptors (Lipinski definition) is 6. The molecule has 0 spiro atoms. The number of likely N-dealkylation sites (N-methyl/N-ethyl adjacent to an activating group) is 1. The van der Waals surface area contributed by atoms with Crippen LogP contribution in [0.3, 0.4) is 0 Å². The van der Waals surface area contributed by atoms with E-state index < -0.39 is 5.76 Å². The summed E-state index contributed by atoms with van der Waals surface area (Å²) in [5.74, 6) is -0.361. The molecular formula is C15H19F2N3O2S. The summed E-state index contributed by atoms with van der Waals surface area (Å²) in [6, 6.07) is 7.20. The second kappa shape index (κ2) is 8.73. The average molecular weight is 343 g/mol. The molecule has 2 rings (SSSR count). The Bertz CT molecular complexity index is 593. The first-order valence-electron chi connectivity index (χ1n) is 7.07. The second-order valence-electron chi connectivity index (χ2n) is 4.84. The first kappa shape index (κ1) is 17.6. The van der Waals surface area contributed by atoms with E-state index in [0.29, 0.717) is 42.2 Å². The number of halogens is 2. The summed E-state index contributed by atoms with van der Waals surface area (Å²) in [6.45, 7) is 1.06. The van der Waals surface area contributed by atoms with Gasteiger partial charge in [-0.15, -0.1) is 0 Å². The van der Waals surface area contributed by atoms with Crippen LogP contribution in [0.25, 0.3) is 0 Å². The number of thioether (sulfide) groups is 1. The number of hydrogen-bond donors (Lipinski definition) is 2. The average Bonchev–Trinajstić information content (AvgIpc) is 2.99. The highest BCUT2D eigenvalue weighted by Crippen LogP contribution is 2.21. The van der Waals surface area contributed by atoms with Crippen molar-refractivity contribution < 1.29 is 18.3 Å². The van der Waals surface area contributed by atoms with Crippen LogP contribution in [0.1, 0.15) is 11.5 Å². The van der Waals surface area contributed by atoms with Crippen LogP contribution in [0.5, 0.6) is 0 Å². The van der Waals surface area contributed by atoms with Crippen LogP contribution >= 0.6 is 11.8 Å². The van der Waals surface area contributed by atoms with Gasteiger partial charge in [0.05, 0.1) is 30.8 Å². The van der Waals surface area contributed by atoms with Crippen molar-refractivity contribution in [3.8, 4) is 0 Å². The number of aliphatic hydroxyl groups is 1. The maximum Gasteiger partial charge on any atom is 0.284 e. The van der Waals surface area contributed by atoms with Crippen molar-refractivity contribution in [1.82, 2.24) is 4.98 Å². The summed E-state index contributed by atoms with van der Waals surface area (Å²) < 4.78 is 29.7. The third-order valence-corrected chi connectivity index (χ3v) is 3.84. The summed E-state index contributed by atoms with van der Waals surface area (Å²) >= 11 is 0.538. The smallest absolute Gasteiger partial charge is 0.284 e. The summed E-state index contributed by atoms with van der Waals surface area (Å²) in [4.78, 5) is 6.18. The van der Waals surface area contributed by atoms with Gasteiger partial charge in [0, 0.05) is 13.6 Å². The minimum absolute atomic E-state index is 0.0845. The number of furan rings is 1. The number of nitrogens with zero attached hydrogens (tertiary/aromatic N) is 2. The monoisotopic (exact) mass is 343 g/mol. The summed E-state index contributed by atoms with van der Waals surface area (Å²) in [5.41, 5.74) is 0.911. The van der Waals surface area contributed by atoms with E-state index in [2.05, 4.69) is 10.3 Å². The molecule has 0 aliphatic carbocycles. The Morgan fingerprint density at radius 2 is 2.09 bits per heavy atom. The Balaban J connectivity index is 1.83. The minimum Gasteiger partial charge on any atom is -0.463 e. The largest absolute Gasteiger partial charge is 0.463 e. The highest BCUT2D eigenvalue weighted by Gasteiger charge is 2.07. The molecule has 23 heavy (non-hydrogen) atoms. The van der Waals surface area contributed by atoms with Crippen LogP contribution in [-0.2, 0) is 12.3 Å². The number of nitrogens with one attached hydrogen (secondary N) is 1. The molecule has 0 radical (unpaired) electrons. The van der Waals surface area contributed by atoms with E-state index in [1.165, 1.54) is 0 Å². The predicted molar refractivity (Wildman–Crippen MR) is 87.9 cm³/mol. The molecule has 0 unspecified atom stereocenters. The lowest BCUT2D eigenvalue weighted by Crippen LogP contribution is -2.21. The SMILES string of the molecule is CN(CCO)c1ccc(NCc2ccc(CSC(F)F)o2)nc1. The third-order valence-electron chi connectivity index (χ3n) is 3.14. The van der Waals surface area contributed by atoms with E-state index in [1.54, 1.807) is 18.3 Å². The van der Waals surface area contributed by atoms with Crippen molar-refractivity contribution >= 4 is 23.3 Å². The molecule has 5 nitrogen and oxygen atoms in total. The Morgan fingerprint density at radius 3 is 2.74 bits per heavy atom. The molecule has 0 aliphatic rings. The molecule has 2 heterocycles. The van der Waals surface area contributed by atoms with Gasteiger partial charge in [0.2, 0.25) is 0 Å². The third kappa shape index (κ3) is 5.72. The number of anilines is 2. The number of pyridine rings is 1. The zero-order chi connectivity index (χ0) is 16.7. The molecule has 8 heteroatoms. The number of aliphatic hydroxyl groups excluding tert-OH is 1. The van der Waals surface area contributed by atoms with Gasteiger partial charge in [-0.1, -0.05) is 11.8 Å². The fourth-order valence-electron chi connectivity index (χ4n) is 1.91. The van der Waals surface area contributed by atoms with Gasteiger partial charge in [-0.25, -0.2) is 4.98 Å². The van der Waals surface area contributed by atoms with Crippen molar-refractivity contribution in [3.63, 3.8) is 0 Å². The van der Waals surface area contributed by atoms with Crippen molar-refractivity contribution in [2.45, 2.75) is 18.1 Å². The summed E-state index contributed by atoms with van der Waals surface area (Å²) in [5, 5.41) is 12.0. The van der Waals surface area contributed by atoms with Gasteiger partial charge in [0.25, 0.3) is 5.76 Å². The quantitative estimate of drug-likeness (QED) is 0.729. The number of alkyl halides is 2. The highest BCUT2D eigenvalue weighted by atomic mass is 32.2. The molecule has 2 aromatic heterocycles. The molecule has 2 N–H and O–H groups in total. The fourth-order valence-corrected chi connectivity index (χ4v) is 2.36. The molecule has 0 amide bonds. The van der Waals surface area contributed by atoms with Crippen LogP contribution in [0.15, 0.2) is 34.9 Å². The standard InChI is InChI=1S/C15H19F2N3O2S/c1-20(6-7-21)11-2-5-14(18-8-11)19-9-12-3-4-13(22-12)10-23-15(16)17/h2-5,8,15,21H,6-7,9-10H2,1H3,(H,18,19). The fraction of sp³-hybridized carbons (Fsp3) is 0.400. The van der Waals surface area contributed by atoms with E-state index in [4.69, 9.17) is 9.52 Å². The van der Waals surface area contributed by atoms with Gasteiger partial charge in [-0.05, 0) is 24.3 Å². The first-order chi connectivity index (χ1) is 11.1. The second-order valence-corrected chi connectivity index (χ2v) is 5.82. The molecule has 0 saturated heterocycles. The molecule has 0 aromatic carbocycles. The lowest BCUT2D eigenvalue weighted by molar-refractivity contribution is 0.251. The van der Waals surface area contributed by atoms with Gasteiger partial charge in [0.15, 0.2) is 0 Å². The van der Waals surface area contributed by atoms with E-state index in [0.717, 1.165) is 5.69 Å². The summed E-state index contributed by atoms with van der Waals surface area (Å²) in [7, 11) is 1.88. The molecule has 0 saturated carbocycles.